The largest absolute Gasteiger partial charge is 0.426 e. The first-order chi connectivity index (χ1) is 10.6. The van der Waals surface area contributed by atoms with Crippen LogP contribution < -0.4 is 9.64 Å². The zero-order valence-corrected chi connectivity index (χ0v) is 13.3. The molecule has 1 fully saturated rings. The van der Waals surface area contributed by atoms with E-state index in [1.54, 1.807) is 29.2 Å². The summed E-state index contributed by atoms with van der Waals surface area (Å²) < 4.78 is 6.26. The summed E-state index contributed by atoms with van der Waals surface area (Å²) in [4.78, 5) is 25.9. The first-order valence-electron chi connectivity index (χ1n) is 6.96. The molecule has 1 saturated heterocycles. The molecular weight excluding hydrogens is 346 g/mol. The van der Waals surface area contributed by atoms with E-state index in [2.05, 4.69) is 15.9 Å². The van der Waals surface area contributed by atoms with Crippen molar-refractivity contribution in [1.82, 2.24) is 0 Å². The Kier molecular flexibility index (Phi) is 4.24. The maximum absolute atomic E-state index is 12.2. The Bertz CT molecular complexity index is 685. The van der Waals surface area contributed by atoms with Gasteiger partial charge in [0.2, 0.25) is 5.91 Å². The molecule has 22 heavy (non-hydrogen) atoms. The Morgan fingerprint density at radius 3 is 2.45 bits per heavy atom. The first kappa shape index (κ1) is 14.8. The fraction of sp³-hybridized carbons (Fsp3) is 0.176. The zero-order valence-electron chi connectivity index (χ0n) is 11.7. The van der Waals surface area contributed by atoms with Crippen LogP contribution in [0.4, 0.5) is 5.69 Å². The second-order valence-electron chi connectivity index (χ2n) is 5.12. The molecular formula is C17H14BrNO3. The van der Waals surface area contributed by atoms with Crippen LogP contribution in [-0.4, -0.2) is 18.4 Å². The number of hydrogen-bond donors (Lipinski definition) is 0. The van der Waals surface area contributed by atoms with Crippen molar-refractivity contribution in [1.29, 1.82) is 0 Å². The number of halogens is 1. The Morgan fingerprint density at radius 1 is 1.09 bits per heavy atom. The van der Waals surface area contributed by atoms with Gasteiger partial charge in [0.15, 0.2) is 0 Å². The lowest BCUT2D eigenvalue weighted by atomic mass is 10.1. The van der Waals surface area contributed by atoms with Crippen LogP contribution in [0.15, 0.2) is 59.1 Å². The van der Waals surface area contributed by atoms with Crippen LogP contribution >= 0.6 is 15.9 Å². The summed E-state index contributed by atoms with van der Waals surface area (Å²) in [6, 6.07) is 16.4. The average molecular weight is 360 g/mol. The molecule has 0 N–H and O–H groups in total. The third kappa shape index (κ3) is 3.20. The van der Waals surface area contributed by atoms with Gasteiger partial charge in [0.05, 0.1) is 5.92 Å². The van der Waals surface area contributed by atoms with E-state index in [4.69, 9.17) is 4.74 Å². The lowest BCUT2D eigenvalue weighted by Crippen LogP contribution is -2.27. The minimum absolute atomic E-state index is 0.0519. The number of rotatable bonds is 3. The van der Waals surface area contributed by atoms with E-state index in [1.165, 1.54) is 0 Å². The van der Waals surface area contributed by atoms with Crippen LogP contribution in [0.5, 0.6) is 5.75 Å². The molecule has 2 aromatic carbocycles. The molecule has 1 amide bonds. The summed E-state index contributed by atoms with van der Waals surface area (Å²) in [7, 11) is 0. The summed E-state index contributed by atoms with van der Waals surface area (Å²) in [6.45, 7) is 0.359. The minimum Gasteiger partial charge on any atom is -0.426 e. The lowest BCUT2D eigenvalue weighted by Gasteiger charge is -2.16. The van der Waals surface area contributed by atoms with E-state index in [1.807, 2.05) is 30.3 Å². The molecule has 0 radical (unpaired) electrons. The molecule has 4 nitrogen and oxygen atoms in total. The average Bonchev–Trinajstić information content (AvgIpc) is 2.92. The van der Waals surface area contributed by atoms with Crippen molar-refractivity contribution >= 4 is 33.5 Å². The maximum atomic E-state index is 12.2. The van der Waals surface area contributed by atoms with Crippen LogP contribution in [-0.2, 0) is 9.59 Å². The van der Waals surface area contributed by atoms with E-state index in [9.17, 15) is 9.59 Å². The standard InChI is InChI=1S/C17H14BrNO3/c18-13-6-8-15(9-7-13)22-17(21)12-10-16(20)19(11-12)14-4-2-1-3-5-14/h1-9,12H,10-11H2/t12-/m0/s1. The third-order valence-electron chi connectivity index (χ3n) is 3.56. The van der Waals surface area contributed by atoms with Gasteiger partial charge in [-0.25, -0.2) is 0 Å². The molecule has 1 atom stereocenters. The molecule has 1 aliphatic heterocycles. The second-order valence-corrected chi connectivity index (χ2v) is 6.03. The van der Waals surface area contributed by atoms with Gasteiger partial charge in [-0.15, -0.1) is 0 Å². The molecule has 0 saturated carbocycles. The molecule has 0 spiro atoms. The van der Waals surface area contributed by atoms with E-state index in [-0.39, 0.29) is 18.3 Å². The van der Waals surface area contributed by atoms with Gasteiger partial charge in [0.25, 0.3) is 0 Å². The van der Waals surface area contributed by atoms with Crippen molar-refractivity contribution in [3.8, 4) is 5.75 Å². The highest BCUT2D eigenvalue weighted by Gasteiger charge is 2.36. The van der Waals surface area contributed by atoms with Crippen molar-refractivity contribution in [2.24, 2.45) is 5.92 Å². The quantitative estimate of drug-likeness (QED) is 0.623. The number of ether oxygens (including phenoxy) is 1. The fourth-order valence-corrected chi connectivity index (χ4v) is 2.69. The van der Waals surface area contributed by atoms with Gasteiger partial charge in [0.1, 0.15) is 5.75 Å². The number of benzene rings is 2. The van der Waals surface area contributed by atoms with Crippen LogP contribution in [0, 0.1) is 5.92 Å². The Labute approximate surface area is 136 Å². The second kappa shape index (κ2) is 6.32. The summed E-state index contributed by atoms with van der Waals surface area (Å²) in [5.74, 6) is -0.367. The Morgan fingerprint density at radius 2 is 1.77 bits per heavy atom. The maximum Gasteiger partial charge on any atom is 0.316 e. The monoisotopic (exact) mass is 359 g/mol. The number of esters is 1. The third-order valence-corrected chi connectivity index (χ3v) is 4.09. The molecule has 5 heteroatoms. The van der Waals surface area contributed by atoms with Gasteiger partial charge in [-0.05, 0) is 36.4 Å². The van der Waals surface area contributed by atoms with E-state index in [0.717, 1.165) is 10.2 Å². The summed E-state index contributed by atoms with van der Waals surface area (Å²) in [5.41, 5.74) is 0.812. The van der Waals surface area contributed by atoms with Crippen molar-refractivity contribution in [2.45, 2.75) is 6.42 Å². The molecule has 0 bridgehead atoms. The number of para-hydroxylation sites is 1. The van der Waals surface area contributed by atoms with E-state index < -0.39 is 5.92 Å². The van der Waals surface area contributed by atoms with Crippen molar-refractivity contribution in [2.75, 3.05) is 11.4 Å². The van der Waals surface area contributed by atoms with Gasteiger partial charge >= 0.3 is 5.97 Å². The molecule has 3 rings (SSSR count). The van der Waals surface area contributed by atoms with Gasteiger partial charge in [0, 0.05) is 23.1 Å². The number of carbonyl (C=O) groups is 2. The summed E-state index contributed by atoms with van der Waals surface area (Å²) >= 11 is 3.33. The molecule has 1 heterocycles. The van der Waals surface area contributed by atoms with E-state index in [0.29, 0.717) is 12.3 Å². The predicted octanol–water partition coefficient (Wildman–Crippen LogP) is 3.41. The highest BCUT2D eigenvalue weighted by atomic mass is 79.9. The Balaban J connectivity index is 1.67. The number of hydrogen-bond acceptors (Lipinski definition) is 3. The van der Waals surface area contributed by atoms with Crippen LogP contribution in [0.25, 0.3) is 0 Å². The molecule has 1 aliphatic rings. The topological polar surface area (TPSA) is 46.6 Å². The number of anilines is 1. The van der Waals surface area contributed by atoms with Crippen molar-refractivity contribution in [3.63, 3.8) is 0 Å². The minimum atomic E-state index is -0.434. The predicted molar refractivity (Wildman–Crippen MR) is 86.7 cm³/mol. The highest BCUT2D eigenvalue weighted by molar-refractivity contribution is 9.10. The molecule has 0 aliphatic carbocycles. The number of nitrogens with zero attached hydrogens (tertiary/aromatic N) is 1. The highest BCUT2D eigenvalue weighted by Crippen LogP contribution is 2.26. The van der Waals surface area contributed by atoms with Crippen LogP contribution in [0.1, 0.15) is 6.42 Å². The number of carbonyl (C=O) groups excluding carboxylic acids is 2. The summed E-state index contributed by atoms with van der Waals surface area (Å²) in [5, 5.41) is 0. The molecule has 0 unspecified atom stereocenters. The Hall–Kier alpha value is -2.14. The smallest absolute Gasteiger partial charge is 0.316 e. The van der Waals surface area contributed by atoms with Gasteiger partial charge in [-0.2, -0.15) is 0 Å². The molecule has 2 aromatic rings. The van der Waals surface area contributed by atoms with Gasteiger partial charge in [-0.1, -0.05) is 34.1 Å². The van der Waals surface area contributed by atoms with Crippen LogP contribution in [0.3, 0.4) is 0 Å². The fourth-order valence-electron chi connectivity index (χ4n) is 2.43. The van der Waals surface area contributed by atoms with Crippen LogP contribution in [0.2, 0.25) is 0 Å². The number of amides is 1. The zero-order chi connectivity index (χ0) is 15.5. The van der Waals surface area contributed by atoms with Gasteiger partial charge < -0.3 is 9.64 Å². The molecule has 0 aromatic heterocycles. The lowest BCUT2D eigenvalue weighted by molar-refractivity contribution is -0.139. The van der Waals surface area contributed by atoms with Crippen molar-refractivity contribution in [3.05, 3.63) is 59.1 Å². The SMILES string of the molecule is O=C(Oc1ccc(Br)cc1)[C@H]1CC(=O)N(c2ccccc2)C1. The first-order valence-corrected chi connectivity index (χ1v) is 7.75. The van der Waals surface area contributed by atoms with Gasteiger partial charge in [-0.3, -0.25) is 9.59 Å². The normalized spacial score (nSPS) is 17.6. The summed E-state index contributed by atoms with van der Waals surface area (Å²) in [6.07, 6.45) is 0.185. The van der Waals surface area contributed by atoms with Crippen molar-refractivity contribution < 1.29 is 14.3 Å². The van der Waals surface area contributed by atoms with E-state index >= 15 is 0 Å². The molecule has 112 valence electrons.